The molecule has 0 spiro atoms. The zero-order valence-electron chi connectivity index (χ0n) is 14.8. The molecular weight excluding hydrogens is 323 g/mol. The van der Waals surface area contributed by atoms with Gasteiger partial charge in [-0.05, 0) is 38.1 Å². The van der Waals surface area contributed by atoms with E-state index in [-0.39, 0.29) is 5.82 Å². The average Bonchev–Trinajstić information content (AvgIpc) is 3.06. The molecule has 1 saturated heterocycles. The predicted molar refractivity (Wildman–Crippen MR) is 92.5 cm³/mol. The molecule has 2 heterocycles. The second-order valence-electron chi connectivity index (χ2n) is 6.32. The fourth-order valence-electron chi connectivity index (χ4n) is 3.09. The Balaban J connectivity index is 1.53. The van der Waals surface area contributed by atoms with Crippen LogP contribution in [0.5, 0.6) is 0 Å². The number of piperazine rings is 1. The molecule has 25 heavy (non-hydrogen) atoms. The second kappa shape index (κ2) is 8.51. The first kappa shape index (κ1) is 18.0. The van der Waals surface area contributed by atoms with Crippen molar-refractivity contribution in [3.8, 4) is 11.5 Å². The van der Waals surface area contributed by atoms with Gasteiger partial charge in [-0.15, -0.1) is 10.2 Å². The minimum absolute atomic E-state index is 0.278. The van der Waals surface area contributed by atoms with E-state index in [1.165, 1.54) is 12.1 Å². The van der Waals surface area contributed by atoms with Crippen LogP contribution in [0.15, 0.2) is 28.7 Å². The van der Waals surface area contributed by atoms with Crippen molar-refractivity contribution in [2.75, 3.05) is 39.4 Å². The van der Waals surface area contributed by atoms with Crippen molar-refractivity contribution in [1.29, 1.82) is 0 Å². The van der Waals surface area contributed by atoms with Crippen LogP contribution in [0.2, 0.25) is 0 Å². The van der Waals surface area contributed by atoms with E-state index in [9.17, 15) is 4.39 Å². The van der Waals surface area contributed by atoms with E-state index < -0.39 is 0 Å². The summed E-state index contributed by atoms with van der Waals surface area (Å²) in [5, 5.41) is 8.20. The lowest BCUT2D eigenvalue weighted by Crippen LogP contribution is -2.52. The Morgan fingerprint density at radius 3 is 2.76 bits per heavy atom. The van der Waals surface area contributed by atoms with Gasteiger partial charge in [-0.1, -0.05) is 0 Å². The molecule has 0 aliphatic carbocycles. The quantitative estimate of drug-likeness (QED) is 0.717. The Hall–Kier alpha value is -1.83. The van der Waals surface area contributed by atoms with Gasteiger partial charge in [0.15, 0.2) is 0 Å². The third-order valence-electron chi connectivity index (χ3n) is 4.49. The fraction of sp³-hybridized carbons (Fsp3) is 0.556. The molecule has 0 bridgehead atoms. The summed E-state index contributed by atoms with van der Waals surface area (Å²) in [5.41, 5.74) is 0.731. The molecule has 1 aliphatic heterocycles. The average molecular weight is 348 g/mol. The lowest BCUT2D eigenvalue weighted by atomic mass is 10.2. The van der Waals surface area contributed by atoms with Crippen molar-refractivity contribution in [2.24, 2.45) is 0 Å². The molecule has 1 atom stereocenters. The minimum atomic E-state index is -0.278. The largest absolute Gasteiger partial charge is 0.419 e. The minimum Gasteiger partial charge on any atom is -0.419 e. The highest BCUT2D eigenvalue weighted by atomic mass is 19.1. The highest BCUT2D eigenvalue weighted by Crippen LogP contribution is 2.19. The van der Waals surface area contributed by atoms with Gasteiger partial charge in [0.05, 0.1) is 13.2 Å². The maximum absolute atomic E-state index is 13.0. The summed E-state index contributed by atoms with van der Waals surface area (Å²) in [6.45, 7) is 10.3. The number of rotatable bonds is 7. The SMILES string of the molecule is CCOCCN1CCN(Cc2nnc(-c3ccc(F)cc3)o2)CC1C. The standard InChI is InChI=1S/C18H25FN4O2/c1-3-24-11-10-23-9-8-22(12-14(23)2)13-17-20-21-18(25-17)15-4-6-16(19)7-5-15/h4-7,14H,3,8-13H2,1-2H3. The van der Waals surface area contributed by atoms with Crippen LogP contribution >= 0.6 is 0 Å². The summed E-state index contributed by atoms with van der Waals surface area (Å²) in [7, 11) is 0. The van der Waals surface area contributed by atoms with Crippen molar-refractivity contribution in [1.82, 2.24) is 20.0 Å². The monoisotopic (exact) mass is 348 g/mol. The van der Waals surface area contributed by atoms with Crippen LogP contribution < -0.4 is 0 Å². The van der Waals surface area contributed by atoms with Gasteiger partial charge in [0.2, 0.25) is 11.8 Å². The van der Waals surface area contributed by atoms with Crippen LogP contribution in [0.3, 0.4) is 0 Å². The van der Waals surface area contributed by atoms with Crippen molar-refractivity contribution in [3.05, 3.63) is 36.0 Å². The Morgan fingerprint density at radius 1 is 1.24 bits per heavy atom. The Bertz CT molecular complexity index is 661. The van der Waals surface area contributed by atoms with Gasteiger partial charge in [0.1, 0.15) is 5.82 Å². The van der Waals surface area contributed by atoms with Crippen molar-refractivity contribution in [2.45, 2.75) is 26.4 Å². The number of aromatic nitrogens is 2. The summed E-state index contributed by atoms with van der Waals surface area (Å²) in [5.74, 6) is 0.743. The Kier molecular flexibility index (Phi) is 6.12. The number of ether oxygens (including phenoxy) is 1. The van der Waals surface area contributed by atoms with Crippen LogP contribution in [0, 0.1) is 5.82 Å². The molecule has 0 N–H and O–H groups in total. The Labute approximate surface area is 147 Å². The van der Waals surface area contributed by atoms with Crippen LogP contribution in [0.1, 0.15) is 19.7 Å². The molecule has 1 aromatic carbocycles. The van der Waals surface area contributed by atoms with E-state index in [0.29, 0.717) is 24.4 Å². The smallest absolute Gasteiger partial charge is 0.247 e. The van der Waals surface area contributed by atoms with Gasteiger partial charge in [-0.25, -0.2) is 4.39 Å². The number of nitrogens with zero attached hydrogens (tertiary/aromatic N) is 4. The summed E-state index contributed by atoms with van der Waals surface area (Å²) in [4.78, 5) is 4.77. The number of hydrogen-bond donors (Lipinski definition) is 0. The molecule has 1 aliphatic rings. The van der Waals surface area contributed by atoms with E-state index in [1.54, 1.807) is 12.1 Å². The number of halogens is 1. The van der Waals surface area contributed by atoms with Gasteiger partial charge < -0.3 is 9.15 Å². The van der Waals surface area contributed by atoms with Gasteiger partial charge in [-0.2, -0.15) is 0 Å². The fourth-order valence-corrected chi connectivity index (χ4v) is 3.09. The lowest BCUT2D eigenvalue weighted by molar-refractivity contribution is 0.0437. The first-order valence-corrected chi connectivity index (χ1v) is 8.78. The van der Waals surface area contributed by atoms with E-state index in [0.717, 1.165) is 45.0 Å². The molecule has 6 nitrogen and oxygen atoms in total. The van der Waals surface area contributed by atoms with Crippen LogP contribution in [0.4, 0.5) is 4.39 Å². The van der Waals surface area contributed by atoms with Gasteiger partial charge in [0, 0.05) is 44.4 Å². The van der Waals surface area contributed by atoms with Crippen LogP contribution in [-0.4, -0.2) is 65.4 Å². The molecule has 1 fully saturated rings. The summed E-state index contributed by atoms with van der Waals surface area (Å²) >= 11 is 0. The first-order valence-electron chi connectivity index (χ1n) is 8.78. The third-order valence-corrected chi connectivity index (χ3v) is 4.49. The van der Waals surface area contributed by atoms with Gasteiger partial charge >= 0.3 is 0 Å². The van der Waals surface area contributed by atoms with E-state index in [1.807, 2.05) is 6.92 Å². The maximum Gasteiger partial charge on any atom is 0.247 e. The van der Waals surface area contributed by atoms with Gasteiger partial charge in [0.25, 0.3) is 0 Å². The molecule has 2 aromatic rings. The molecule has 1 unspecified atom stereocenters. The molecular formula is C18H25FN4O2. The molecule has 7 heteroatoms. The predicted octanol–water partition coefficient (Wildman–Crippen LogP) is 2.42. The summed E-state index contributed by atoms with van der Waals surface area (Å²) in [6, 6.07) is 6.54. The normalized spacial score (nSPS) is 19.4. The topological polar surface area (TPSA) is 54.6 Å². The zero-order chi connectivity index (χ0) is 17.6. The van der Waals surface area contributed by atoms with Crippen molar-refractivity contribution in [3.63, 3.8) is 0 Å². The van der Waals surface area contributed by atoms with Crippen LogP contribution in [-0.2, 0) is 11.3 Å². The molecule has 136 valence electrons. The Morgan fingerprint density at radius 2 is 2.04 bits per heavy atom. The highest BCUT2D eigenvalue weighted by Gasteiger charge is 2.24. The van der Waals surface area contributed by atoms with E-state index in [4.69, 9.17) is 9.15 Å². The van der Waals surface area contributed by atoms with E-state index in [2.05, 4.69) is 26.9 Å². The van der Waals surface area contributed by atoms with Crippen LogP contribution in [0.25, 0.3) is 11.5 Å². The molecule has 0 radical (unpaired) electrons. The third kappa shape index (κ3) is 4.84. The zero-order valence-corrected chi connectivity index (χ0v) is 14.8. The highest BCUT2D eigenvalue weighted by molar-refractivity contribution is 5.51. The first-order chi connectivity index (χ1) is 12.2. The molecule has 0 amide bonds. The lowest BCUT2D eigenvalue weighted by Gasteiger charge is -2.39. The van der Waals surface area contributed by atoms with Gasteiger partial charge in [-0.3, -0.25) is 9.80 Å². The van der Waals surface area contributed by atoms with Crippen molar-refractivity contribution < 1.29 is 13.5 Å². The molecule has 3 rings (SSSR count). The molecule has 1 aromatic heterocycles. The summed E-state index contributed by atoms with van der Waals surface area (Å²) < 4.78 is 24.2. The van der Waals surface area contributed by atoms with Crippen molar-refractivity contribution >= 4 is 0 Å². The number of benzene rings is 1. The number of hydrogen-bond acceptors (Lipinski definition) is 6. The summed E-state index contributed by atoms with van der Waals surface area (Å²) in [6.07, 6.45) is 0. The maximum atomic E-state index is 13.0. The van der Waals surface area contributed by atoms with E-state index >= 15 is 0 Å². The second-order valence-corrected chi connectivity index (χ2v) is 6.32. The molecule has 0 saturated carbocycles.